The number of hydrogen-bond acceptors (Lipinski definition) is 1. The molecule has 2 aliphatic rings. The van der Waals surface area contributed by atoms with E-state index in [4.69, 9.17) is 4.98 Å². The van der Waals surface area contributed by atoms with Crippen LogP contribution in [0.1, 0.15) is 100 Å². The summed E-state index contributed by atoms with van der Waals surface area (Å²) in [4.78, 5) is 5.40. The first-order chi connectivity index (χ1) is 25.5. The van der Waals surface area contributed by atoms with Crippen LogP contribution in [0.4, 0.5) is 0 Å². The molecule has 0 saturated heterocycles. The molecule has 0 saturated carbocycles. The summed E-state index contributed by atoms with van der Waals surface area (Å²) < 4.78 is 0. The SMILES string of the molecule is CCCCc1ccc2c(c1)C1(c3ccccc3-c3ccccc31)c1cc(-c3ccc4c(-c5cc(C(C)(C)C)cc(C(C)(C)C)c5)cccc4n3)ccc1-2. The molecule has 9 rings (SSSR count). The largest absolute Gasteiger partial charge is 0.248 e. The van der Waals surface area contributed by atoms with Crippen LogP contribution in [0.2, 0.25) is 0 Å². The van der Waals surface area contributed by atoms with Crippen molar-refractivity contribution in [3.63, 3.8) is 0 Å². The van der Waals surface area contributed by atoms with Gasteiger partial charge >= 0.3 is 0 Å². The third-order valence-electron chi connectivity index (χ3n) is 12.0. The molecule has 0 bridgehead atoms. The second-order valence-corrected chi connectivity index (χ2v) is 17.5. The number of unbranched alkanes of at least 4 members (excludes halogenated alkanes) is 1. The summed E-state index contributed by atoms with van der Waals surface area (Å²) in [5.74, 6) is 0. The maximum atomic E-state index is 5.40. The van der Waals surface area contributed by atoms with Crippen molar-refractivity contribution in [1.29, 1.82) is 0 Å². The van der Waals surface area contributed by atoms with Gasteiger partial charge < -0.3 is 0 Å². The van der Waals surface area contributed by atoms with Crippen molar-refractivity contribution in [2.24, 2.45) is 0 Å². The Kier molecular flexibility index (Phi) is 7.69. The van der Waals surface area contributed by atoms with Gasteiger partial charge in [0.05, 0.1) is 16.6 Å². The molecule has 0 aliphatic heterocycles. The molecule has 1 heteroatoms. The number of hydrogen-bond donors (Lipinski definition) is 0. The molecule has 2 aliphatic carbocycles. The first-order valence-electron chi connectivity index (χ1n) is 19.5. The average molecular weight is 688 g/mol. The summed E-state index contributed by atoms with van der Waals surface area (Å²) in [5.41, 5.74) is 20.5. The molecule has 6 aromatic carbocycles. The molecule has 1 spiro atoms. The third-order valence-corrected chi connectivity index (χ3v) is 12.0. The number of nitrogens with zero attached hydrogens (tertiary/aromatic N) is 1. The summed E-state index contributed by atoms with van der Waals surface area (Å²) in [5, 5.41) is 1.19. The molecule has 53 heavy (non-hydrogen) atoms. The smallest absolute Gasteiger partial charge is 0.0725 e. The predicted molar refractivity (Wildman–Crippen MR) is 225 cm³/mol. The summed E-state index contributed by atoms with van der Waals surface area (Å²) in [6, 6.07) is 50.9. The van der Waals surface area contributed by atoms with Crippen molar-refractivity contribution in [1.82, 2.24) is 4.98 Å². The molecule has 7 aromatic rings. The van der Waals surface area contributed by atoms with Gasteiger partial charge in [-0.1, -0.05) is 170 Å². The van der Waals surface area contributed by atoms with E-state index in [-0.39, 0.29) is 16.2 Å². The van der Waals surface area contributed by atoms with E-state index in [1.54, 1.807) is 0 Å². The van der Waals surface area contributed by atoms with E-state index >= 15 is 0 Å². The Morgan fingerprint density at radius 1 is 0.491 bits per heavy atom. The lowest BCUT2D eigenvalue weighted by atomic mass is 9.70. The Balaban J connectivity index is 1.22. The maximum Gasteiger partial charge on any atom is 0.0725 e. The van der Waals surface area contributed by atoms with E-state index in [1.165, 1.54) is 90.6 Å². The van der Waals surface area contributed by atoms with Crippen LogP contribution in [0.15, 0.2) is 133 Å². The number of aromatic nitrogens is 1. The number of pyridine rings is 1. The van der Waals surface area contributed by atoms with E-state index < -0.39 is 0 Å². The highest BCUT2D eigenvalue weighted by atomic mass is 14.7. The van der Waals surface area contributed by atoms with Crippen LogP contribution in [0.25, 0.3) is 55.5 Å². The molecular weight excluding hydrogens is 639 g/mol. The highest BCUT2D eigenvalue weighted by Gasteiger charge is 2.51. The Labute approximate surface area is 315 Å². The quantitative estimate of drug-likeness (QED) is 0.175. The Morgan fingerprint density at radius 2 is 1.08 bits per heavy atom. The lowest BCUT2D eigenvalue weighted by molar-refractivity contribution is 0.569. The molecule has 262 valence electrons. The number of fused-ring (bicyclic) bond motifs is 11. The zero-order chi connectivity index (χ0) is 36.7. The zero-order valence-corrected chi connectivity index (χ0v) is 32.3. The number of rotatable bonds is 5. The van der Waals surface area contributed by atoms with Crippen molar-refractivity contribution >= 4 is 10.9 Å². The van der Waals surface area contributed by atoms with E-state index in [0.717, 1.165) is 23.2 Å². The second kappa shape index (κ2) is 12.1. The molecule has 0 unspecified atom stereocenters. The van der Waals surface area contributed by atoms with Crippen molar-refractivity contribution in [2.75, 3.05) is 0 Å². The maximum absolute atomic E-state index is 5.40. The molecule has 0 amide bonds. The fourth-order valence-electron chi connectivity index (χ4n) is 9.10. The third kappa shape index (κ3) is 5.23. The summed E-state index contributed by atoms with van der Waals surface area (Å²) in [6.07, 6.45) is 3.50. The van der Waals surface area contributed by atoms with Crippen LogP contribution >= 0.6 is 0 Å². The van der Waals surface area contributed by atoms with Gasteiger partial charge in [0.15, 0.2) is 0 Å². The minimum Gasteiger partial charge on any atom is -0.248 e. The van der Waals surface area contributed by atoms with Crippen molar-refractivity contribution < 1.29 is 0 Å². The Bertz CT molecular complexity index is 2490. The topological polar surface area (TPSA) is 12.9 Å². The van der Waals surface area contributed by atoms with Gasteiger partial charge in [0, 0.05) is 10.9 Å². The van der Waals surface area contributed by atoms with E-state index in [9.17, 15) is 0 Å². The Hall–Kier alpha value is -5.27. The summed E-state index contributed by atoms with van der Waals surface area (Å²) in [6.45, 7) is 16.1. The highest BCUT2D eigenvalue weighted by Crippen LogP contribution is 2.63. The minimum atomic E-state index is -0.372. The average Bonchev–Trinajstić information content (AvgIpc) is 3.62. The molecule has 1 aromatic heterocycles. The first-order valence-corrected chi connectivity index (χ1v) is 19.5. The van der Waals surface area contributed by atoms with E-state index in [2.05, 4.69) is 182 Å². The van der Waals surface area contributed by atoms with Crippen LogP contribution < -0.4 is 0 Å². The molecule has 0 radical (unpaired) electrons. The standard InChI is InChI=1S/C52H49N/c1-8-9-15-33-22-24-41-42-25-23-34(31-47(42)52(46(41)28-33)44-19-12-10-16-39(44)40-17-11-13-20-45(40)52)48-27-26-43-38(18-14-21-49(43)53-48)35-29-36(50(2,3)4)32-37(30-35)51(5,6)7/h10-14,16-32H,8-9,15H2,1-7H3. The van der Waals surface area contributed by atoms with Gasteiger partial charge in [-0.05, 0) is 114 Å². The van der Waals surface area contributed by atoms with Gasteiger partial charge in [-0.25, -0.2) is 4.98 Å². The van der Waals surface area contributed by atoms with Crippen LogP contribution in [0, 0.1) is 0 Å². The lowest BCUT2D eigenvalue weighted by Gasteiger charge is -2.31. The molecule has 0 fully saturated rings. The normalized spacial score (nSPS) is 13.9. The number of benzene rings is 6. The van der Waals surface area contributed by atoms with Gasteiger partial charge in [0.25, 0.3) is 0 Å². The van der Waals surface area contributed by atoms with Crippen molar-refractivity contribution in [3.8, 4) is 44.6 Å². The number of aryl methyl sites for hydroxylation is 1. The van der Waals surface area contributed by atoms with Crippen molar-refractivity contribution in [2.45, 2.75) is 84.0 Å². The molecule has 0 N–H and O–H groups in total. The van der Waals surface area contributed by atoms with Crippen LogP contribution in [-0.4, -0.2) is 4.98 Å². The molecular formula is C52H49N. The fraction of sp³-hybridized carbons (Fsp3) is 0.250. The minimum absolute atomic E-state index is 0.0496. The van der Waals surface area contributed by atoms with Gasteiger partial charge in [-0.3, -0.25) is 0 Å². The first kappa shape index (κ1) is 33.6. The van der Waals surface area contributed by atoms with Gasteiger partial charge in [-0.2, -0.15) is 0 Å². The highest BCUT2D eigenvalue weighted by molar-refractivity contribution is 5.98. The van der Waals surface area contributed by atoms with Gasteiger partial charge in [-0.15, -0.1) is 0 Å². The van der Waals surface area contributed by atoms with E-state index in [1.807, 2.05) is 0 Å². The van der Waals surface area contributed by atoms with E-state index in [0.29, 0.717) is 0 Å². The van der Waals surface area contributed by atoms with Crippen LogP contribution in [-0.2, 0) is 22.7 Å². The van der Waals surface area contributed by atoms with Gasteiger partial charge in [0.2, 0.25) is 0 Å². The van der Waals surface area contributed by atoms with Crippen molar-refractivity contribution in [3.05, 3.63) is 172 Å². The predicted octanol–water partition coefficient (Wildman–Crippen LogP) is 13.8. The van der Waals surface area contributed by atoms with Crippen LogP contribution in [0.3, 0.4) is 0 Å². The molecule has 0 atom stereocenters. The molecule has 1 heterocycles. The van der Waals surface area contributed by atoms with Crippen LogP contribution in [0.5, 0.6) is 0 Å². The summed E-state index contributed by atoms with van der Waals surface area (Å²) in [7, 11) is 0. The zero-order valence-electron chi connectivity index (χ0n) is 32.3. The van der Waals surface area contributed by atoms with Gasteiger partial charge in [0.1, 0.15) is 0 Å². The lowest BCUT2D eigenvalue weighted by Crippen LogP contribution is -2.26. The Morgan fingerprint density at radius 3 is 1.72 bits per heavy atom. The molecule has 1 nitrogen and oxygen atoms in total. The second-order valence-electron chi connectivity index (χ2n) is 17.5. The summed E-state index contributed by atoms with van der Waals surface area (Å²) >= 11 is 0. The monoisotopic (exact) mass is 687 g/mol. The fourth-order valence-corrected chi connectivity index (χ4v) is 9.10.